The smallest absolute Gasteiger partial charge is 0.166 e. The topological polar surface area (TPSA) is 80.5 Å². The summed E-state index contributed by atoms with van der Waals surface area (Å²) in [4.78, 5) is 4.15. The molecular formula is C13H15N5. The second kappa shape index (κ2) is 4.98. The van der Waals surface area contributed by atoms with Crippen molar-refractivity contribution in [2.75, 3.05) is 0 Å². The van der Waals surface area contributed by atoms with E-state index in [9.17, 15) is 0 Å². The van der Waals surface area contributed by atoms with E-state index >= 15 is 0 Å². The minimum atomic E-state index is -0.159. The van der Waals surface area contributed by atoms with Crippen molar-refractivity contribution < 1.29 is 0 Å². The van der Waals surface area contributed by atoms with Gasteiger partial charge in [-0.15, -0.1) is 0 Å². The molecule has 18 heavy (non-hydrogen) atoms. The highest BCUT2D eigenvalue weighted by atomic mass is 15.3. The maximum atomic E-state index is 8.82. The Morgan fingerprint density at radius 2 is 2.28 bits per heavy atom. The largest absolute Gasteiger partial charge is 0.321 e. The average molecular weight is 241 g/mol. The molecule has 2 rings (SSSR count). The van der Waals surface area contributed by atoms with E-state index < -0.39 is 0 Å². The lowest BCUT2D eigenvalue weighted by molar-refractivity contribution is 0.648. The molecule has 92 valence electrons. The molecule has 0 saturated heterocycles. The van der Waals surface area contributed by atoms with Crippen LogP contribution in [0.15, 0.2) is 24.5 Å². The zero-order valence-electron chi connectivity index (χ0n) is 10.5. The lowest BCUT2D eigenvalue weighted by Crippen LogP contribution is -2.09. The summed E-state index contributed by atoms with van der Waals surface area (Å²) in [5.41, 5.74) is 8.58. The predicted molar refractivity (Wildman–Crippen MR) is 67.6 cm³/mol. The quantitative estimate of drug-likeness (QED) is 0.883. The average Bonchev–Trinajstić information content (AvgIpc) is 2.80. The lowest BCUT2D eigenvalue weighted by atomic mass is 10.1. The fourth-order valence-electron chi connectivity index (χ4n) is 1.71. The molecule has 0 bridgehead atoms. The summed E-state index contributed by atoms with van der Waals surface area (Å²) < 4.78 is 1.76. The highest BCUT2D eigenvalue weighted by Gasteiger charge is 2.07. The van der Waals surface area contributed by atoms with Gasteiger partial charge in [0.15, 0.2) is 5.82 Å². The number of benzene rings is 1. The minimum absolute atomic E-state index is 0.159. The van der Waals surface area contributed by atoms with Crippen LogP contribution in [0.25, 0.3) is 0 Å². The first kappa shape index (κ1) is 12.3. The summed E-state index contributed by atoms with van der Waals surface area (Å²) in [6.07, 6.45) is 1.68. The number of nitrogens with zero attached hydrogens (tertiary/aromatic N) is 4. The third kappa shape index (κ3) is 2.55. The van der Waals surface area contributed by atoms with E-state index in [0.717, 1.165) is 11.1 Å². The van der Waals surface area contributed by atoms with Crippen LogP contribution in [0.5, 0.6) is 0 Å². The first-order valence-corrected chi connectivity index (χ1v) is 5.74. The molecule has 1 heterocycles. The molecule has 0 aliphatic heterocycles. The number of hydrogen-bond donors (Lipinski definition) is 1. The van der Waals surface area contributed by atoms with Gasteiger partial charge in [-0.2, -0.15) is 10.4 Å². The van der Waals surface area contributed by atoms with Gasteiger partial charge in [-0.05, 0) is 37.1 Å². The third-order valence-electron chi connectivity index (χ3n) is 2.77. The van der Waals surface area contributed by atoms with Crippen LogP contribution in [0.4, 0.5) is 0 Å². The van der Waals surface area contributed by atoms with Gasteiger partial charge in [-0.3, -0.25) is 0 Å². The first-order chi connectivity index (χ1) is 8.60. The number of aryl methyl sites for hydroxylation is 1. The van der Waals surface area contributed by atoms with Crippen LogP contribution in [0, 0.1) is 18.3 Å². The van der Waals surface area contributed by atoms with Crippen LogP contribution in [-0.2, 0) is 6.54 Å². The van der Waals surface area contributed by atoms with Gasteiger partial charge in [0.25, 0.3) is 0 Å². The third-order valence-corrected chi connectivity index (χ3v) is 2.77. The molecule has 0 aliphatic rings. The number of rotatable bonds is 3. The minimum Gasteiger partial charge on any atom is -0.321 e. The predicted octanol–water partition coefficient (Wildman–Crippen LogP) is 1.53. The Bertz CT molecular complexity index is 592. The number of hydrogen-bond acceptors (Lipinski definition) is 4. The van der Waals surface area contributed by atoms with Crippen molar-refractivity contribution in [1.82, 2.24) is 14.8 Å². The van der Waals surface area contributed by atoms with Crippen LogP contribution in [0.2, 0.25) is 0 Å². The van der Waals surface area contributed by atoms with E-state index in [1.807, 2.05) is 32.0 Å². The molecule has 1 aromatic heterocycles. The Morgan fingerprint density at radius 1 is 1.50 bits per heavy atom. The summed E-state index contributed by atoms with van der Waals surface area (Å²) in [5, 5.41) is 13.1. The molecule has 5 nitrogen and oxygen atoms in total. The van der Waals surface area contributed by atoms with Gasteiger partial charge in [-0.1, -0.05) is 6.07 Å². The monoisotopic (exact) mass is 241 g/mol. The Balaban J connectivity index is 2.21. The molecular weight excluding hydrogens is 226 g/mol. The SMILES string of the molecule is Cc1cc(C#N)ccc1Cn1cnc(C(C)N)n1. The number of nitriles is 1. The number of nitrogens with two attached hydrogens (primary N) is 1. The van der Waals surface area contributed by atoms with Gasteiger partial charge in [0.2, 0.25) is 0 Å². The summed E-state index contributed by atoms with van der Waals surface area (Å²) in [7, 11) is 0. The summed E-state index contributed by atoms with van der Waals surface area (Å²) in [5.74, 6) is 0.640. The van der Waals surface area contributed by atoms with Crippen LogP contribution in [-0.4, -0.2) is 14.8 Å². The van der Waals surface area contributed by atoms with Crippen LogP contribution >= 0.6 is 0 Å². The highest BCUT2D eigenvalue weighted by Crippen LogP contribution is 2.12. The second-order valence-electron chi connectivity index (χ2n) is 4.34. The molecule has 0 saturated carbocycles. The van der Waals surface area contributed by atoms with Crippen molar-refractivity contribution in [3.63, 3.8) is 0 Å². The number of aromatic nitrogens is 3. The Hall–Kier alpha value is -2.19. The standard InChI is InChI=1S/C13H15N5/c1-9-5-11(6-14)3-4-12(9)7-18-8-16-13(17-18)10(2)15/h3-5,8,10H,7,15H2,1-2H3. The van der Waals surface area contributed by atoms with Crippen molar-refractivity contribution in [3.05, 3.63) is 47.0 Å². The van der Waals surface area contributed by atoms with Crippen molar-refractivity contribution >= 4 is 0 Å². The van der Waals surface area contributed by atoms with Crippen molar-refractivity contribution in [1.29, 1.82) is 5.26 Å². The molecule has 0 radical (unpaired) electrons. The maximum Gasteiger partial charge on any atom is 0.166 e. The van der Waals surface area contributed by atoms with Gasteiger partial charge in [0.05, 0.1) is 24.2 Å². The van der Waals surface area contributed by atoms with E-state index in [-0.39, 0.29) is 6.04 Å². The van der Waals surface area contributed by atoms with E-state index in [0.29, 0.717) is 17.9 Å². The Morgan fingerprint density at radius 3 is 2.83 bits per heavy atom. The van der Waals surface area contributed by atoms with Gasteiger partial charge >= 0.3 is 0 Å². The lowest BCUT2D eigenvalue weighted by Gasteiger charge is -2.06. The summed E-state index contributed by atoms with van der Waals surface area (Å²) >= 11 is 0. The normalized spacial score (nSPS) is 12.1. The van der Waals surface area contributed by atoms with Gasteiger partial charge < -0.3 is 5.73 Å². The molecule has 0 fully saturated rings. The van der Waals surface area contributed by atoms with Crippen molar-refractivity contribution in [2.24, 2.45) is 5.73 Å². The molecule has 0 spiro atoms. The van der Waals surface area contributed by atoms with E-state index in [1.54, 1.807) is 11.0 Å². The first-order valence-electron chi connectivity index (χ1n) is 5.74. The molecule has 5 heteroatoms. The molecule has 0 amide bonds. The second-order valence-corrected chi connectivity index (χ2v) is 4.34. The van der Waals surface area contributed by atoms with Crippen molar-refractivity contribution in [3.8, 4) is 6.07 Å². The fraction of sp³-hybridized carbons (Fsp3) is 0.308. The molecule has 1 aromatic carbocycles. The zero-order chi connectivity index (χ0) is 13.1. The summed E-state index contributed by atoms with van der Waals surface area (Å²) in [6.45, 7) is 4.48. The maximum absolute atomic E-state index is 8.82. The van der Waals surface area contributed by atoms with E-state index in [4.69, 9.17) is 11.0 Å². The van der Waals surface area contributed by atoms with Crippen LogP contribution in [0.3, 0.4) is 0 Å². The molecule has 1 atom stereocenters. The summed E-state index contributed by atoms with van der Waals surface area (Å²) in [6, 6.07) is 7.60. The van der Waals surface area contributed by atoms with Crippen LogP contribution in [0.1, 0.15) is 35.5 Å². The molecule has 0 aliphatic carbocycles. The Labute approximate surface area is 106 Å². The molecule has 2 aromatic rings. The van der Waals surface area contributed by atoms with E-state index in [2.05, 4.69) is 16.2 Å². The van der Waals surface area contributed by atoms with Gasteiger partial charge in [-0.25, -0.2) is 9.67 Å². The fourth-order valence-corrected chi connectivity index (χ4v) is 1.71. The van der Waals surface area contributed by atoms with Gasteiger partial charge in [0, 0.05) is 0 Å². The van der Waals surface area contributed by atoms with Crippen LogP contribution < -0.4 is 5.73 Å². The Kier molecular flexibility index (Phi) is 3.40. The van der Waals surface area contributed by atoms with Gasteiger partial charge in [0.1, 0.15) is 6.33 Å². The molecule has 1 unspecified atom stereocenters. The highest BCUT2D eigenvalue weighted by molar-refractivity contribution is 5.37. The van der Waals surface area contributed by atoms with Crippen molar-refractivity contribution in [2.45, 2.75) is 26.4 Å². The molecule has 2 N–H and O–H groups in total. The zero-order valence-corrected chi connectivity index (χ0v) is 10.5. The van der Waals surface area contributed by atoms with E-state index in [1.165, 1.54) is 0 Å².